The quantitative estimate of drug-likeness (QED) is 0.723. The highest BCUT2D eigenvalue weighted by atomic mass is 16.5. The van der Waals surface area contributed by atoms with Crippen LogP contribution in [0.2, 0.25) is 0 Å². The minimum Gasteiger partial charge on any atom is -0.469 e. The lowest BCUT2D eigenvalue weighted by molar-refractivity contribution is -0.142. The lowest BCUT2D eigenvalue weighted by atomic mass is 9.90. The van der Waals surface area contributed by atoms with Gasteiger partial charge in [-0.3, -0.25) is 9.89 Å². The molecule has 2 aromatic carbocycles. The second-order valence-corrected chi connectivity index (χ2v) is 6.01. The number of hydrogen-bond acceptors (Lipinski definition) is 4. The second kappa shape index (κ2) is 7.18. The summed E-state index contributed by atoms with van der Waals surface area (Å²) in [5.41, 5.74) is 4.82. The van der Waals surface area contributed by atoms with Crippen molar-refractivity contribution in [1.29, 1.82) is 5.26 Å². The van der Waals surface area contributed by atoms with E-state index >= 15 is 0 Å². The number of esters is 1. The maximum atomic E-state index is 12.1. The molecule has 126 valence electrons. The van der Waals surface area contributed by atoms with Gasteiger partial charge in [0.2, 0.25) is 0 Å². The van der Waals surface area contributed by atoms with Gasteiger partial charge in [-0.15, -0.1) is 0 Å². The molecule has 3 rings (SSSR count). The Hall–Kier alpha value is -3.13. The molecule has 25 heavy (non-hydrogen) atoms. The molecule has 0 bridgehead atoms. The molecule has 0 radical (unpaired) electrons. The van der Waals surface area contributed by atoms with Crippen molar-refractivity contribution in [1.82, 2.24) is 10.2 Å². The number of nitrogens with one attached hydrogen (secondary N) is 1. The number of rotatable bonds is 5. The van der Waals surface area contributed by atoms with Crippen LogP contribution in [0.25, 0.3) is 10.9 Å². The van der Waals surface area contributed by atoms with Crippen molar-refractivity contribution in [2.45, 2.75) is 25.7 Å². The summed E-state index contributed by atoms with van der Waals surface area (Å²) in [5.74, 6) is -1.000. The first kappa shape index (κ1) is 16.7. The van der Waals surface area contributed by atoms with Gasteiger partial charge in [-0.05, 0) is 36.1 Å². The highest BCUT2D eigenvalue weighted by Crippen LogP contribution is 2.30. The Morgan fingerprint density at radius 2 is 2.08 bits per heavy atom. The highest BCUT2D eigenvalue weighted by molar-refractivity contribution is 5.88. The topological polar surface area (TPSA) is 78.8 Å². The second-order valence-electron chi connectivity index (χ2n) is 6.01. The van der Waals surface area contributed by atoms with Crippen molar-refractivity contribution >= 4 is 16.9 Å². The third kappa shape index (κ3) is 3.38. The van der Waals surface area contributed by atoms with Crippen molar-refractivity contribution in [3.05, 3.63) is 64.8 Å². The van der Waals surface area contributed by atoms with Gasteiger partial charge in [-0.2, -0.15) is 10.4 Å². The van der Waals surface area contributed by atoms with Gasteiger partial charge in [0.25, 0.3) is 0 Å². The fraction of sp³-hybridized carbons (Fsp3) is 0.250. The third-order valence-electron chi connectivity index (χ3n) is 4.37. The minimum atomic E-state index is -0.600. The number of fused-ring (bicyclic) bond motifs is 1. The molecule has 0 aliphatic carbocycles. The van der Waals surface area contributed by atoms with E-state index in [1.165, 1.54) is 12.7 Å². The number of methoxy groups -OCH3 is 1. The molecular formula is C20H19N3O2. The van der Waals surface area contributed by atoms with E-state index in [1.807, 2.05) is 37.3 Å². The molecular weight excluding hydrogens is 314 g/mol. The molecule has 0 saturated heterocycles. The molecule has 0 aliphatic rings. The summed E-state index contributed by atoms with van der Waals surface area (Å²) >= 11 is 0. The molecule has 0 amide bonds. The van der Waals surface area contributed by atoms with Gasteiger partial charge in [0, 0.05) is 5.39 Å². The third-order valence-corrected chi connectivity index (χ3v) is 4.37. The van der Waals surface area contributed by atoms with Crippen LogP contribution in [-0.2, 0) is 16.0 Å². The number of benzene rings is 2. The van der Waals surface area contributed by atoms with Crippen LogP contribution in [-0.4, -0.2) is 23.3 Å². The van der Waals surface area contributed by atoms with Gasteiger partial charge in [-0.25, -0.2) is 0 Å². The zero-order valence-electron chi connectivity index (χ0n) is 14.2. The Labute approximate surface area is 146 Å². The molecule has 0 fully saturated rings. The summed E-state index contributed by atoms with van der Waals surface area (Å²) in [6, 6.07) is 16.1. The van der Waals surface area contributed by atoms with Crippen LogP contribution >= 0.6 is 0 Å². The molecule has 3 aromatic rings. The van der Waals surface area contributed by atoms with E-state index < -0.39 is 11.9 Å². The number of ether oxygens (including phenoxy) is 1. The molecule has 1 heterocycles. The van der Waals surface area contributed by atoms with Gasteiger partial charge in [0.1, 0.15) is 0 Å². The SMILES string of the molecule is COC(=O)C(CC#N)c1cc(Cc2ccccc2)c2c(C)n[nH]c2c1. The summed E-state index contributed by atoms with van der Waals surface area (Å²) in [6.45, 7) is 1.96. The van der Waals surface area contributed by atoms with Gasteiger partial charge in [0.05, 0.1) is 36.7 Å². The first-order chi connectivity index (χ1) is 12.1. The number of aromatic nitrogens is 2. The van der Waals surface area contributed by atoms with E-state index in [-0.39, 0.29) is 6.42 Å². The zero-order valence-corrected chi connectivity index (χ0v) is 14.2. The normalized spacial score (nSPS) is 11.9. The van der Waals surface area contributed by atoms with E-state index in [0.29, 0.717) is 0 Å². The van der Waals surface area contributed by atoms with Crippen LogP contribution in [0.4, 0.5) is 0 Å². The van der Waals surface area contributed by atoms with Crippen LogP contribution in [0.5, 0.6) is 0 Å². The zero-order chi connectivity index (χ0) is 17.8. The molecule has 1 atom stereocenters. The number of aromatic amines is 1. The Balaban J connectivity index is 2.12. The van der Waals surface area contributed by atoms with Gasteiger partial charge in [0.15, 0.2) is 0 Å². The number of aryl methyl sites for hydroxylation is 1. The van der Waals surface area contributed by atoms with Crippen molar-refractivity contribution in [3.8, 4) is 6.07 Å². The molecule has 1 aromatic heterocycles. The smallest absolute Gasteiger partial charge is 0.314 e. The fourth-order valence-electron chi connectivity index (χ4n) is 3.17. The lowest BCUT2D eigenvalue weighted by Crippen LogP contribution is -2.14. The number of carbonyl (C=O) groups is 1. The van der Waals surface area contributed by atoms with Crippen LogP contribution < -0.4 is 0 Å². The standard InChI is InChI=1S/C20H19N3O2/c1-13-19-16(10-14-6-4-3-5-7-14)11-15(12-18(19)23-22-13)17(8-9-21)20(24)25-2/h3-7,11-12,17H,8,10H2,1-2H3,(H,22,23). The first-order valence-corrected chi connectivity index (χ1v) is 8.10. The molecule has 0 aliphatic heterocycles. The Kier molecular flexibility index (Phi) is 4.80. The molecule has 1 unspecified atom stereocenters. The summed E-state index contributed by atoms with van der Waals surface area (Å²) < 4.78 is 4.88. The monoisotopic (exact) mass is 333 g/mol. The number of H-pyrrole nitrogens is 1. The molecule has 1 N–H and O–H groups in total. The van der Waals surface area contributed by atoms with Gasteiger partial charge in [-0.1, -0.05) is 36.4 Å². The summed E-state index contributed by atoms with van der Waals surface area (Å²) in [5, 5.41) is 17.5. The van der Waals surface area contributed by atoms with Crippen LogP contribution in [0.15, 0.2) is 42.5 Å². The van der Waals surface area contributed by atoms with Crippen molar-refractivity contribution < 1.29 is 9.53 Å². The maximum absolute atomic E-state index is 12.1. The average molecular weight is 333 g/mol. The van der Waals surface area contributed by atoms with E-state index in [0.717, 1.165) is 34.1 Å². The van der Waals surface area contributed by atoms with E-state index in [4.69, 9.17) is 10.00 Å². The number of carbonyl (C=O) groups excluding carboxylic acids is 1. The fourth-order valence-corrected chi connectivity index (χ4v) is 3.17. The Morgan fingerprint density at radius 3 is 2.76 bits per heavy atom. The lowest BCUT2D eigenvalue weighted by Gasteiger charge is -2.14. The van der Waals surface area contributed by atoms with E-state index in [1.54, 1.807) is 0 Å². The minimum absolute atomic E-state index is 0.0794. The first-order valence-electron chi connectivity index (χ1n) is 8.10. The van der Waals surface area contributed by atoms with Crippen molar-refractivity contribution in [2.75, 3.05) is 7.11 Å². The molecule has 5 nitrogen and oxygen atoms in total. The predicted molar refractivity (Wildman–Crippen MR) is 95.1 cm³/mol. The van der Waals surface area contributed by atoms with Crippen molar-refractivity contribution in [2.24, 2.45) is 0 Å². The van der Waals surface area contributed by atoms with Crippen LogP contribution in [0, 0.1) is 18.3 Å². The van der Waals surface area contributed by atoms with Crippen LogP contribution in [0.3, 0.4) is 0 Å². The van der Waals surface area contributed by atoms with Crippen molar-refractivity contribution in [3.63, 3.8) is 0 Å². The summed E-state index contributed by atoms with van der Waals surface area (Å²) in [4.78, 5) is 12.1. The molecule has 5 heteroatoms. The highest BCUT2D eigenvalue weighted by Gasteiger charge is 2.23. The summed E-state index contributed by atoms with van der Waals surface area (Å²) in [7, 11) is 1.34. The van der Waals surface area contributed by atoms with E-state index in [2.05, 4.69) is 28.4 Å². The summed E-state index contributed by atoms with van der Waals surface area (Å²) in [6.07, 6.45) is 0.808. The van der Waals surface area contributed by atoms with Gasteiger partial charge < -0.3 is 4.74 Å². The van der Waals surface area contributed by atoms with E-state index in [9.17, 15) is 4.79 Å². The number of nitrogens with zero attached hydrogens (tertiary/aromatic N) is 2. The average Bonchev–Trinajstić information content (AvgIpc) is 3.01. The van der Waals surface area contributed by atoms with Crippen LogP contribution in [0.1, 0.15) is 34.7 Å². The largest absolute Gasteiger partial charge is 0.469 e. The number of hydrogen-bond donors (Lipinski definition) is 1. The Morgan fingerprint density at radius 1 is 1.32 bits per heavy atom. The maximum Gasteiger partial charge on any atom is 0.314 e. The number of nitriles is 1. The molecule has 0 saturated carbocycles. The Bertz CT molecular complexity index is 939. The van der Waals surface area contributed by atoms with Gasteiger partial charge >= 0.3 is 5.97 Å². The molecule has 0 spiro atoms. The predicted octanol–water partition coefficient (Wildman–Crippen LogP) is 3.63.